The molecule has 0 radical (unpaired) electrons. The lowest BCUT2D eigenvalue weighted by atomic mass is 10.1. The second kappa shape index (κ2) is 6.16. The van der Waals surface area contributed by atoms with Gasteiger partial charge in [-0.3, -0.25) is 10.1 Å². The van der Waals surface area contributed by atoms with E-state index in [0.29, 0.717) is 6.54 Å². The van der Waals surface area contributed by atoms with Gasteiger partial charge in [0.05, 0.1) is 0 Å². The summed E-state index contributed by atoms with van der Waals surface area (Å²) < 4.78 is 13.3. The van der Waals surface area contributed by atoms with Crippen LogP contribution in [0.15, 0.2) is 48.5 Å². The van der Waals surface area contributed by atoms with Gasteiger partial charge in [-0.1, -0.05) is 36.4 Å². The van der Waals surface area contributed by atoms with Gasteiger partial charge < -0.3 is 10.2 Å². The third kappa shape index (κ3) is 3.33. The Kier molecular flexibility index (Phi) is 4.32. The van der Waals surface area contributed by atoms with E-state index in [1.807, 2.05) is 30.3 Å². The lowest BCUT2D eigenvalue weighted by Gasteiger charge is -2.15. The van der Waals surface area contributed by atoms with Gasteiger partial charge in [0, 0.05) is 6.54 Å². The van der Waals surface area contributed by atoms with Crippen LogP contribution in [-0.4, -0.2) is 16.2 Å². The van der Waals surface area contributed by atoms with Crippen LogP contribution in [0, 0.1) is 5.82 Å². The Morgan fingerprint density at radius 3 is 2.50 bits per heavy atom. The molecule has 3 N–H and O–H groups in total. The summed E-state index contributed by atoms with van der Waals surface area (Å²) in [4.78, 5) is 11.3. The smallest absolute Gasteiger partial charge is 0.325 e. The second-order valence-electron chi connectivity index (χ2n) is 4.35. The van der Waals surface area contributed by atoms with Crippen LogP contribution in [0.5, 0.6) is 5.75 Å². The molecule has 0 heterocycles. The molecule has 0 aliphatic heterocycles. The van der Waals surface area contributed by atoms with Crippen molar-refractivity contribution in [1.82, 2.24) is 5.32 Å². The highest BCUT2D eigenvalue weighted by atomic mass is 19.1. The van der Waals surface area contributed by atoms with Crippen LogP contribution in [0.4, 0.5) is 4.39 Å². The number of carboxylic acids is 1. The number of carboxylic acid groups (broad SMARTS) is 1. The molecule has 0 aliphatic rings. The number of benzene rings is 2. The molecule has 104 valence electrons. The first kappa shape index (κ1) is 14.0. The van der Waals surface area contributed by atoms with Crippen molar-refractivity contribution in [2.45, 2.75) is 12.6 Å². The number of halogens is 1. The third-order valence-electron chi connectivity index (χ3n) is 2.91. The first-order chi connectivity index (χ1) is 9.58. The second-order valence-corrected chi connectivity index (χ2v) is 4.35. The van der Waals surface area contributed by atoms with Crippen LogP contribution >= 0.6 is 0 Å². The van der Waals surface area contributed by atoms with Gasteiger partial charge in [0.1, 0.15) is 6.04 Å². The van der Waals surface area contributed by atoms with E-state index < -0.39 is 23.6 Å². The fourth-order valence-corrected chi connectivity index (χ4v) is 1.87. The zero-order valence-corrected chi connectivity index (χ0v) is 10.6. The van der Waals surface area contributed by atoms with Gasteiger partial charge >= 0.3 is 5.97 Å². The largest absolute Gasteiger partial charge is 0.505 e. The summed E-state index contributed by atoms with van der Waals surface area (Å²) in [7, 11) is 0. The molecule has 2 aromatic rings. The highest BCUT2D eigenvalue weighted by Gasteiger charge is 2.20. The van der Waals surface area contributed by atoms with Crippen LogP contribution in [0.1, 0.15) is 17.2 Å². The molecule has 5 heteroatoms. The number of hydrogen-bond acceptors (Lipinski definition) is 3. The van der Waals surface area contributed by atoms with Crippen LogP contribution < -0.4 is 5.32 Å². The van der Waals surface area contributed by atoms with Gasteiger partial charge in [0.25, 0.3) is 0 Å². The Morgan fingerprint density at radius 1 is 1.20 bits per heavy atom. The van der Waals surface area contributed by atoms with Gasteiger partial charge in [0.2, 0.25) is 0 Å². The maximum Gasteiger partial charge on any atom is 0.325 e. The first-order valence-corrected chi connectivity index (χ1v) is 6.06. The number of aromatic hydroxyl groups is 1. The van der Waals surface area contributed by atoms with Gasteiger partial charge in [-0.2, -0.15) is 0 Å². The lowest BCUT2D eigenvalue weighted by Crippen LogP contribution is -2.28. The fourth-order valence-electron chi connectivity index (χ4n) is 1.87. The van der Waals surface area contributed by atoms with E-state index in [1.165, 1.54) is 6.07 Å². The van der Waals surface area contributed by atoms with E-state index in [2.05, 4.69) is 5.32 Å². The van der Waals surface area contributed by atoms with Crippen LogP contribution in [0.25, 0.3) is 0 Å². The number of hydrogen-bond donors (Lipinski definition) is 3. The molecule has 0 spiro atoms. The normalized spacial score (nSPS) is 12.1. The maximum absolute atomic E-state index is 13.3. The van der Waals surface area contributed by atoms with Crippen LogP contribution in [-0.2, 0) is 11.3 Å². The molecule has 0 saturated heterocycles. The first-order valence-electron chi connectivity index (χ1n) is 6.06. The molecule has 0 aromatic heterocycles. The van der Waals surface area contributed by atoms with E-state index in [1.54, 1.807) is 0 Å². The number of rotatable bonds is 5. The molecule has 20 heavy (non-hydrogen) atoms. The van der Waals surface area contributed by atoms with Crippen LogP contribution in [0.3, 0.4) is 0 Å². The van der Waals surface area contributed by atoms with E-state index in [4.69, 9.17) is 5.11 Å². The molecule has 0 amide bonds. The number of phenols is 1. The third-order valence-corrected chi connectivity index (χ3v) is 2.91. The van der Waals surface area contributed by atoms with Gasteiger partial charge in [0.15, 0.2) is 11.6 Å². The number of aliphatic carboxylic acids is 1. The van der Waals surface area contributed by atoms with E-state index >= 15 is 0 Å². The SMILES string of the molecule is O=C(O)C(NCc1ccccc1)c1ccc(O)c(F)c1. The Hall–Kier alpha value is -2.40. The van der Waals surface area contributed by atoms with Crippen molar-refractivity contribution < 1.29 is 19.4 Å². The lowest BCUT2D eigenvalue weighted by molar-refractivity contribution is -0.139. The predicted octanol–water partition coefficient (Wildman–Crippen LogP) is 2.45. The molecule has 1 unspecified atom stereocenters. The molecule has 1 atom stereocenters. The summed E-state index contributed by atoms with van der Waals surface area (Å²) in [6.45, 7) is 0.348. The Morgan fingerprint density at radius 2 is 1.90 bits per heavy atom. The summed E-state index contributed by atoms with van der Waals surface area (Å²) in [5.74, 6) is -2.44. The Bertz CT molecular complexity index is 601. The van der Waals surface area contributed by atoms with E-state index in [0.717, 1.165) is 17.7 Å². The molecular weight excluding hydrogens is 261 g/mol. The zero-order valence-electron chi connectivity index (χ0n) is 10.6. The van der Waals surface area contributed by atoms with Crippen molar-refractivity contribution >= 4 is 5.97 Å². The van der Waals surface area contributed by atoms with E-state index in [-0.39, 0.29) is 5.56 Å². The molecule has 2 rings (SSSR count). The van der Waals surface area contributed by atoms with Crippen molar-refractivity contribution in [2.24, 2.45) is 0 Å². The van der Waals surface area contributed by atoms with Crippen LogP contribution in [0.2, 0.25) is 0 Å². The molecule has 2 aromatic carbocycles. The molecule has 0 bridgehead atoms. The summed E-state index contributed by atoms with van der Waals surface area (Å²) in [5, 5.41) is 21.2. The van der Waals surface area contributed by atoms with Gasteiger partial charge in [-0.15, -0.1) is 0 Å². The van der Waals surface area contributed by atoms with Crippen molar-refractivity contribution in [3.8, 4) is 5.75 Å². The molecule has 0 aliphatic carbocycles. The van der Waals surface area contributed by atoms with Crippen molar-refractivity contribution in [3.05, 3.63) is 65.5 Å². The van der Waals surface area contributed by atoms with Crippen molar-refractivity contribution in [1.29, 1.82) is 0 Å². The summed E-state index contributed by atoms with van der Waals surface area (Å²) in [6, 6.07) is 11.8. The average Bonchev–Trinajstić information content (AvgIpc) is 2.43. The summed E-state index contributed by atoms with van der Waals surface area (Å²) in [6.07, 6.45) is 0. The minimum atomic E-state index is -1.11. The van der Waals surface area contributed by atoms with Crippen molar-refractivity contribution in [2.75, 3.05) is 0 Å². The monoisotopic (exact) mass is 275 g/mol. The Balaban J connectivity index is 2.15. The number of nitrogens with one attached hydrogen (secondary N) is 1. The summed E-state index contributed by atoms with van der Waals surface area (Å²) >= 11 is 0. The van der Waals surface area contributed by atoms with Crippen molar-refractivity contribution in [3.63, 3.8) is 0 Å². The highest BCUT2D eigenvalue weighted by Crippen LogP contribution is 2.21. The highest BCUT2D eigenvalue weighted by molar-refractivity contribution is 5.75. The topological polar surface area (TPSA) is 69.6 Å². The molecular formula is C15H14FNO3. The zero-order chi connectivity index (χ0) is 14.5. The average molecular weight is 275 g/mol. The minimum Gasteiger partial charge on any atom is -0.505 e. The predicted molar refractivity (Wildman–Crippen MR) is 71.7 cm³/mol. The number of phenolic OH excluding ortho intramolecular Hbond substituents is 1. The summed E-state index contributed by atoms with van der Waals surface area (Å²) in [5.41, 5.74) is 1.18. The Labute approximate surface area is 115 Å². The molecule has 0 fully saturated rings. The standard InChI is InChI=1S/C15H14FNO3/c16-12-8-11(6-7-13(12)18)14(15(19)20)17-9-10-4-2-1-3-5-10/h1-8,14,17-18H,9H2,(H,19,20). The quantitative estimate of drug-likeness (QED) is 0.784. The fraction of sp³-hybridized carbons (Fsp3) is 0.133. The molecule has 4 nitrogen and oxygen atoms in total. The van der Waals surface area contributed by atoms with E-state index in [9.17, 15) is 14.3 Å². The number of carbonyl (C=O) groups is 1. The molecule has 0 saturated carbocycles. The van der Waals surface area contributed by atoms with Gasteiger partial charge in [-0.05, 0) is 23.3 Å². The van der Waals surface area contributed by atoms with Gasteiger partial charge in [-0.25, -0.2) is 4.39 Å². The maximum atomic E-state index is 13.3. The minimum absolute atomic E-state index is 0.253.